The van der Waals surface area contributed by atoms with Gasteiger partial charge >= 0.3 is 11.5 Å². The van der Waals surface area contributed by atoms with Crippen molar-refractivity contribution >= 4 is 23.4 Å². The molecule has 0 aliphatic heterocycles. The van der Waals surface area contributed by atoms with Crippen molar-refractivity contribution in [3.63, 3.8) is 0 Å². The SMILES string of the molecule is CC(=O)c1cc(F)c(F)c(OC(F)(F)Cl)c1F.CCOC(C)=O. The van der Waals surface area contributed by atoms with Gasteiger partial charge in [0.05, 0.1) is 12.2 Å². The van der Waals surface area contributed by atoms with Crippen LogP contribution in [0.4, 0.5) is 22.0 Å². The van der Waals surface area contributed by atoms with Gasteiger partial charge in [0.25, 0.3) is 0 Å². The van der Waals surface area contributed by atoms with Crippen molar-refractivity contribution < 1.29 is 41.0 Å². The predicted molar refractivity (Wildman–Crippen MR) is 70.1 cm³/mol. The zero-order chi connectivity index (χ0) is 18.4. The summed E-state index contributed by atoms with van der Waals surface area (Å²) in [5.41, 5.74) is -5.34. The summed E-state index contributed by atoms with van der Waals surface area (Å²) < 4.78 is 71.5. The third-order valence-electron chi connectivity index (χ3n) is 2.06. The second-order valence-corrected chi connectivity index (χ2v) is 4.33. The van der Waals surface area contributed by atoms with Gasteiger partial charge in [-0.15, -0.1) is 8.78 Å². The molecular weight excluding hydrogens is 351 g/mol. The first-order chi connectivity index (χ1) is 10.4. The van der Waals surface area contributed by atoms with E-state index in [1.807, 2.05) is 0 Å². The van der Waals surface area contributed by atoms with E-state index in [0.717, 1.165) is 6.92 Å². The van der Waals surface area contributed by atoms with Crippen LogP contribution in [0.3, 0.4) is 0 Å². The highest BCUT2D eigenvalue weighted by Gasteiger charge is 2.33. The van der Waals surface area contributed by atoms with Crippen molar-refractivity contribution in [3.8, 4) is 5.75 Å². The molecule has 0 atom stereocenters. The fourth-order valence-electron chi connectivity index (χ4n) is 1.25. The van der Waals surface area contributed by atoms with E-state index < -0.39 is 40.1 Å². The maximum atomic E-state index is 13.4. The minimum absolute atomic E-state index is 0.211. The quantitative estimate of drug-likeness (QED) is 0.267. The summed E-state index contributed by atoms with van der Waals surface area (Å²) in [6.45, 7) is 4.50. The number of benzene rings is 1. The van der Waals surface area contributed by atoms with Crippen LogP contribution in [-0.4, -0.2) is 23.9 Å². The van der Waals surface area contributed by atoms with E-state index in [1.54, 1.807) is 6.92 Å². The number of ether oxygens (including phenoxy) is 2. The molecule has 10 heteroatoms. The van der Waals surface area contributed by atoms with Crippen molar-refractivity contribution in [1.82, 2.24) is 0 Å². The number of esters is 1. The van der Waals surface area contributed by atoms with E-state index in [0.29, 0.717) is 6.61 Å². The van der Waals surface area contributed by atoms with E-state index >= 15 is 0 Å². The van der Waals surface area contributed by atoms with Crippen LogP contribution in [0.15, 0.2) is 6.07 Å². The van der Waals surface area contributed by atoms with Gasteiger partial charge < -0.3 is 9.47 Å². The van der Waals surface area contributed by atoms with Gasteiger partial charge in [0.15, 0.2) is 17.4 Å². The lowest BCUT2D eigenvalue weighted by Gasteiger charge is -2.13. The summed E-state index contributed by atoms with van der Waals surface area (Å²) >= 11 is 4.30. The molecule has 0 aliphatic rings. The van der Waals surface area contributed by atoms with E-state index in [2.05, 4.69) is 21.1 Å². The fraction of sp³-hybridized carbons (Fsp3) is 0.385. The molecular formula is C13H12ClF5O4. The monoisotopic (exact) mass is 362 g/mol. The molecule has 1 rings (SSSR count). The molecule has 130 valence electrons. The Balaban J connectivity index is 0.000000688. The van der Waals surface area contributed by atoms with Gasteiger partial charge in [0, 0.05) is 18.5 Å². The standard InChI is InChI=1S/C9H4ClF5O2.C4H8O2/c1-3(16)4-2-5(11)7(13)8(6(4)12)17-9(10,14)15;1-3-6-4(2)5/h2H,1H3;3H2,1-2H3. The number of carbonyl (C=O) groups is 2. The molecule has 0 saturated heterocycles. The van der Waals surface area contributed by atoms with Crippen molar-refractivity contribution in [2.45, 2.75) is 26.3 Å². The average molecular weight is 363 g/mol. The zero-order valence-corrected chi connectivity index (χ0v) is 12.9. The predicted octanol–water partition coefficient (Wildman–Crippen LogP) is 4.04. The molecule has 0 unspecified atom stereocenters. The highest BCUT2D eigenvalue weighted by molar-refractivity contribution is 6.20. The largest absolute Gasteiger partial charge is 0.487 e. The second-order valence-electron chi connectivity index (χ2n) is 3.89. The normalized spacial score (nSPS) is 10.5. The second kappa shape index (κ2) is 8.66. The summed E-state index contributed by atoms with van der Waals surface area (Å²) in [4.78, 5) is 20.7. The molecule has 0 heterocycles. The molecule has 0 radical (unpaired) electrons. The molecule has 0 saturated carbocycles. The number of carbonyl (C=O) groups excluding carboxylic acids is 2. The Kier molecular flexibility index (Phi) is 7.94. The fourth-order valence-corrected chi connectivity index (χ4v) is 1.32. The Morgan fingerprint density at radius 3 is 2.00 bits per heavy atom. The van der Waals surface area contributed by atoms with Crippen LogP contribution in [0, 0.1) is 17.5 Å². The first-order valence-corrected chi connectivity index (χ1v) is 6.36. The van der Waals surface area contributed by atoms with E-state index in [-0.39, 0.29) is 12.0 Å². The van der Waals surface area contributed by atoms with Crippen LogP contribution >= 0.6 is 11.6 Å². The first kappa shape index (κ1) is 21.1. The first-order valence-electron chi connectivity index (χ1n) is 5.98. The van der Waals surface area contributed by atoms with Crippen molar-refractivity contribution in [3.05, 3.63) is 29.1 Å². The number of ketones is 1. The summed E-state index contributed by atoms with van der Waals surface area (Å²) in [6, 6.07) is 0.242. The van der Waals surface area contributed by atoms with Gasteiger partial charge in [0.2, 0.25) is 11.6 Å². The number of halogens is 6. The van der Waals surface area contributed by atoms with Crippen LogP contribution in [-0.2, 0) is 9.53 Å². The molecule has 4 nitrogen and oxygen atoms in total. The highest BCUT2D eigenvalue weighted by Crippen LogP contribution is 2.33. The number of alkyl halides is 3. The van der Waals surface area contributed by atoms with Crippen LogP contribution < -0.4 is 4.74 Å². The van der Waals surface area contributed by atoms with Crippen LogP contribution in [0.25, 0.3) is 0 Å². The van der Waals surface area contributed by atoms with Crippen molar-refractivity contribution in [1.29, 1.82) is 0 Å². The molecule has 0 spiro atoms. The Morgan fingerprint density at radius 2 is 1.70 bits per heavy atom. The highest BCUT2D eigenvalue weighted by atomic mass is 35.5. The molecule has 0 amide bonds. The Labute approximate surface area is 133 Å². The van der Waals surface area contributed by atoms with Gasteiger partial charge in [-0.25, -0.2) is 8.78 Å². The maximum Gasteiger partial charge on any atom is 0.487 e. The summed E-state index contributed by atoms with van der Waals surface area (Å²) in [5, 5.41) is 0. The molecule has 0 aromatic heterocycles. The van der Waals surface area contributed by atoms with Crippen molar-refractivity contribution in [2.24, 2.45) is 0 Å². The van der Waals surface area contributed by atoms with E-state index in [1.165, 1.54) is 6.92 Å². The third-order valence-corrected chi connectivity index (χ3v) is 2.14. The lowest BCUT2D eigenvalue weighted by molar-refractivity contribution is -0.140. The molecule has 0 aliphatic carbocycles. The number of hydrogen-bond acceptors (Lipinski definition) is 4. The van der Waals surface area contributed by atoms with Gasteiger partial charge in [-0.05, 0) is 19.9 Å². The Morgan fingerprint density at radius 1 is 1.17 bits per heavy atom. The Bertz CT molecular complexity index is 587. The van der Waals surface area contributed by atoms with Gasteiger partial charge in [0.1, 0.15) is 0 Å². The van der Waals surface area contributed by atoms with Gasteiger partial charge in [-0.1, -0.05) is 0 Å². The molecule has 0 bridgehead atoms. The molecule has 1 aromatic rings. The minimum Gasteiger partial charge on any atom is -0.466 e. The van der Waals surface area contributed by atoms with E-state index in [9.17, 15) is 31.5 Å². The Hall–Kier alpha value is -1.90. The lowest BCUT2D eigenvalue weighted by atomic mass is 10.1. The van der Waals surface area contributed by atoms with E-state index in [4.69, 9.17) is 0 Å². The minimum atomic E-state index is -4.43. The van der Waals surface area contributed by atoms with Crippen LogP contribution in [0.5, 0.6) is 5.75 Å². The molecule has 0 fully saturated rings. The lowest BCUT2D eigenvalue weighted by Crippen LogP contribution is -2.19. The maximum absolute atomic E-state index is 13.4. The number of rotatable bonds is 4. The van der Waals surface area contributed by atoms with Gasteiger partial charge in [-0.3, -0.25) is 9.59 Å². The number of Topliss-reactive ketones (excluding diaryl/α,β-unsaturated/α-hetero) is 1. The average Bonchev–Trinajstić information content (AvgIpc) is 2.38. The van der Waals surface area contributed by atoms with Crippen LogP contribution in [0.2, 0.25) is 0 Å². The molecule has 1 aromatic carbocycles. The topological polar surface area (TPSA) is 52.6 Å². The molecule has 23 heavy (non-hydrogen) atoms. The smallest absolute Gasteiger partial charge is 0.466 e. The zero-order valence-electron chi connectivity index (χ0n) is 12.2. The summed E-state index contributed by atoms with van der Waals surface area (Å²) in [7, 11) is 0. The van der Waals surface area contributed by atoms with Crippen LogP contribution in [0.1, 0.15) is 31.1 Å². The molecule has 0 N–H and O–H groups in total. The van der Waals surface area contributed by atoms with Crippen molar-refractivity contribution in [2.75, 3.05) is 6.61 Å². The number of hydrogen-bond donors (Lipinski definition) is 0. The third kappa shape index (κ3) is 7.27. The summed E-state index contributed by atoms with van der Waals surface area (Å²) in [5.74, 6) is -8.37. The summed E-state index contributed by atoms with van der Waals surface area (Å²) in [6.07, 6.45) is 0. The van der Waals surface area contributed by atoms with Gasteiger partial charge in [-0.2, -0.15) is 4.39 Å².